The molecule has 3 aliphatic heterocycles. The maximum atomic E-state index is 13.3. The van der Waals surface area contributed by atoms with E-state index in [2.05, 4.69) is 9.97 Å². The quantitative estimate of drug-likeness (QED) is 0.763. The Balaban J connectivity index is 1.35. The van der Waals surface area contributed by atoms with Gasteiger partial charge in [-0.1, -0.05) is 24.3 Å². The Kier molecular flexibility index (Phi) is 4.28. The second-order valence-electron chi connectivity index (χ2n) is 8.43. The number of amides is 2. The Hall–Kier alpha value is -3.00. The summed E-state index contributed by atoms with van der Waals surface area (Å²) in [6.45, 7) is 3.00. The lowest BCUT2D eigenvalue weighted by Gasteiger charge is -2.27. The number of carbonyl (C=O) groups is 2. The summed E-state index contributed by atoms with van der Waals surface area (Å²) < 4.78 is 19.4. The van der Waals surface area contributed by atoms with Crippen LogP contribution in [0.15, 0.2) is 42.6 Å². The summed E-state index contributed by atoms with van der Waals surface area (Å²) in [5.74, 6) is -0.919. The van der Waals surface area contributed by atoms with Gasteiger partial charge in [-0.2, -0.15) is 0 Å². The topological polar surface area (TPSA) is 78.5 Å². The SMILES string of the molecule is Cc1cnc(CN(C)C(=O)[C@@H]2[C@@H]3C=C[C@@]4(CN(Cc5ccc(F)cc5)C(=O)[C@@H]24)O3)[nH]1. The van der Waals surface area contributed by atoms with Gasteiger partial charge in [-0.3, -0.25) is 9.59 Å². The molecule has 1 N–H and O–H groups in total. The third-order valence-electron chi connectivity index (χ3n) is 6.27. The number of H-pyrrole nitrogens is 1. The van der Waals surface area contributed by atoms with Crippen molar-refractivity contribution in [1.29, 1.82) is 0 Å². The molecule has 1 aromatic heterocycles. The van der Waals surface area contributed by atoms with Crippen molar-refractivity contribution in [2.75, 3.05) is 13.6 Å². The lowest BCUT2D eigenvalue weighted by Crippen LogP contribution is -2.44. The maximum Gasteiger partial charge on any atom is 0.230 e. The molecule has 30 heavy (non-hydrogen) atoms. The standard InChI is InChI=1S/C22H23FN4O3/c1-13-9-24-17(25-13)11-26(2)20(28)18-16-7-8-22(30-16)12-27(21(29)19(18)22)10-14-3-5-15(23)6-4-14/h3-9,16,18-19H,10-12H2,1-2H3,(H,24,25)/t16-,18+,19+,22-/m0/s1. The molecule has 2 amide bonds. The number of fused-ring (bicyclic) bond motifs is 1. The van der Waals surface area contributed by atoms with Crippen molar-refractivity contribution in [3.05, 3.63) is 65.5 Å². The average Bonchev–Trinajstić information content (AvgIpc) is 3.45. The molecule has 2 aromatic rings. The lowest BCUT2D eigenvalue weighted by atomic mass is 9.76. The Morgan fingerprint density at radius 1 is 1.40 bits per heavy atom. The molecule has 1 spiro atoms. The van der Waals surface area contributed by atoms with E-state index in [1.54, 1.807) is 35.2 Å². The largest absolute Gasteiger partial charge is 0.360 e. The molecule has 4 atom stereocenters. The van der Waals surface area contributed by atoms with Crippen LogP contribution in [0.5, 0.6) is 0 Å². The van der Waals surface area contributed by atoms with Gasteiger partial charge in [0.2, 0.25) is 11.8 Å². The van der Waals surface area contributed by atoms with Gasteiger partial charge in [0, 0.05) is 25.5 Å². The molecule has 0 unspecified atom stereocenters. The highest BCUT2D eigenvalue weighted by Gasteiger charge is 2.67. The van der Waals surface area contributed by atoms with Gasteiger partial charge in [0.1, 0.15) is 17.2 Å². The van der Waals surface area contributed by atoms with Crippen molar-refractivity contribution in [3.63, 3.8) is 0 Å². The third-order valence-corrected chi connectivity index (χ3v) is 6.27. The van der Waals surface area contributed by atoms with Gasteiger partial charge in [-0.05, 0) is 24.6 Å². The zero-order valence-corrected chi connectivity index (χ0v) is 16.8. The minimum absolute atomic E-state index is 0.0910. The number of carbonyl (C=O) groups excluding carboxylic acids is 2. The fraction of sp³-hybridized carbons (Fsp3) is 0.409. The van der Waals surface area contributed by atoms with E-state index in [1.807, 2.05) is 19.1 Å². The third kappa shape index (κ3) is 2.94. The molecule has 4 heterocycles. The van der Waals surface area contributed by atoms with Gasteiger partial charge in [0.15, 0.2) is 0 Å². The zero-order valence-electron chi connectivity index (χ0n) is 16.8. The molecule has 7 nitrogen and oxygen atoms in total. The minimum Gasteiger partial charge on any atom is -0.360 e. The van der Waals surface area contributed by atoms with Crippen LogP contribution in [0.2, 0.25) is 0 Å². The first-order chi connectivity index (χ1) is 14.4. The summed E-state index contributed by atoms with van der Waals surface area (Å²) in [7, 11) is 1.72. The van der Waals surface area contributed by atoms with Gasteiger partial charge >= 0.3 is 0 Å². The number of aryl methyl sites for hydroxylation is 1. The summed E-state index contributed by atoms with van der Waals surface area (Å²) in [5, 5.41) is 0. The molecule has 0 saturated carbocycles. The van der Waals surface area contributed by atoms with Gasteiger partial charge in [-0.15, -0.1) is 0 Å². The van der Waals surface area contributed by atoms with Crippen molar-refractivity contribution in [3.8, 4) is 0 Å². The van der Waals surface area contributed by atoms with Crippen LogP contribution < -0.4 is 0 Å². The van der Waals surface area contributed by atoms with E-state index in [-0.39, 0.29) is 23.7 Å². The van der Waals surface area contributed by atoms with E-state index in [4.69, 9.17) is 4.74 Å². The van der Waals surface area contributed by atoms with Gasteiger partial charge in [0.25, 0.3) is 0 Å². The monoisotopic (exact) mass is 410 g/mol. The number of hydrogen-bond acceptors (Lipinski definition) is 4. The Labute approximate surface area is 173 Å². The Morgan fingerprint density at radius 3 is 2.87 bits per heavy atom. The van der Waals surface area contributed by atoms with E-state index in [9.17, 15) is 14.0 Å². The Bertz CT molecular complexity index is 1030. The van der Waals surface area contributed by atoms with E-state index in [0.29, 0.717) is 25.5 Å². The van der Waals surface area contributed by atoms with Crippen LogP contribution in [0.1, 0.15) is 17.1 Å². The van der Waals surface area contributed by atoms with Crippen LogP contribution in [0.3, 0.4) is 0 Å². The predicted octanol–water partition coefficient (Wildman–Crippen LogP) is 1.80. The highest BCUT2D eigenvalue weighted by Crippen LogP contribution is 2.52. The predicted molar refractivity (Wildman–Crippen MR) is 105 cm³/mol. The number of nitrogens with one attached hydrogen (secondary N) is 1. The molecule has 1 aromatic carbocycles. The molecule has 0 aliphatic carbocycles. The normalized spacial score (nSPS) is 29.0. The van der Waals surface area contributed by atoms with Crippen molar-refractivity contribution >= 4 is 11.8 Å². The first kappa shape index (κ1) is 19.0. The highest BCUT2D eigenvalue weighted by atomic mass is 19.1. The molecule has 2 bridgehead atoms. The fourth-order valence-electron chi connectivity index (χ4n) is 4.91. The number of likely N-dealkylation sites (tertiary alicyclic amines) is 1. The van der Waals surface area contributed by atoms with Crippen molar-refractivity contribution < 1.29 is 18.7 Å². The van der Waals surface area contributed by atoms with Gasteiger partial charge in [0.05, 0.1) is 31.0 Å². The molecule has 2 fully saturated rings. The zero-order chi connectivity index (χ0) is 21.0. The van der Waals surface area contributed by atoms with Crippen LogP contribution in [0.25, 0.3) is 0 Å². The number of aromatic amines is 1. The van der Waals surface area contributed by atoms with E-state index < -0.39 is 17.4 Å². The maximum absolute atomic E-state index is 13.3. The molecular weight excluding hydrogens is 387 g/mol. The van der Waals surface area contributed by atoms with Crippen LogP contribution in [0.4, 0.5) is 4.39 Å². The van der Waals surface area contributed by atoms with E-state index in [0.717, 1.165) is 11.3 Å². The smallest absolute Gasteiger partial charge is 0.230 e. The minimum atomic E-state index is -0.760. The number of rotatable bonds is 5. The number of imidazole rings is 1. The second kappa shape index (κ2) is 6.77. The van der Waals surface area contributed by atoms with Crippen LogP contribution in [-0.4, -0.2) is 56.9 Å². The summed E-state index contributed by atoms with van der Waals surface area (Å²) in [6.07, 6.45) is 5.17. The average molecular weight is 410 g/mol. The number of ether oxygens (including phenoxy) is 1. The number of nitrogens with zero attached hydrogens (tertiary/aromatic N) is 3. The summed E-state index contributed by atoms with van der Waals surface area (Å²) in [5.41, 5.74) is 1.01. The van der Waals surface area contributed by atoms with Crippen molar-refractivity contribution in [1.82, 2.24) is 19.8 Å². The van der Waals surface area contributed by atoms with Crippen LogP contribution in [0, 0.1) is 24.6 Å². The van der Waals surface area contributed by atoms with Gasteiger partial charge in [-0.25, -0.2) is 9.37 Å². The molecule has 0 radical (unpaired) electrons. The van der Waals surface area contributed by atoms with Crippen molar-refractivity contribution in [2.24, 2.45) is 11.8 Å². The van der Waals surface area contributed by atoms with Crippen molar-refractivity contribution in [2.45, 2.75) is 31.7 Å². The molecule has 3 aliphatic rings. The number of aromatic nitrogens is 2. The molecule has 5 rings (SSSR count). The number of halogens is 1. The first-order valence-electron chi connectivity index (χ1n) is 10.0. The number of benzene rings is 1. The van der Waals surface area contributed by atoms with Gasteiger partial charge < -0.3 is 19.5 Å². The van der Waals surface area contributed by atoms with Crippen LogP contribution in [-0.2, 0) is 27.4 Å². The van der Waals surface area contributed by atoms with Crippen LogP contribution >= 0.6 is 0 Å². The summed E-state index contributed by atoms with van der Waals surface area (Å²) in [6, 6.07) is 6.11. The van der Waals surface area contributed by atoms with E-state index >= 15 is 0 Å². The first-order valence-corrected chi connectivity index (χ1v) is 10.0. The summed E-state index contributed by atoms with van der Waals surface area (Å²) >= 11 is 0. The second-order valence-corrected chi connectivity index (χ2v) is 8.43. The molecule has 2 saturated heterocycles. The fourth-order valence-corrected chi connectivity index (χ4v) is 4.91. The number of hydrogen-bond donors (Lipinski definition) is 1. The highest BCUT2D eigenvalue weighted by molar-refractivity contribution is 5.93. The Morgan fingerprint density at radius 2 is 2.17 bits per heavy atom. The van der Waals surface area contributed by atoms with E-state index in [1.165, 1.54) is 12.1 Å². The molecule has 156 valence electrons. The lowest BCUT2D eigenvalue weighted by molar-refractivity contribution is -0.143. The molecule has 8 heteroatoms. The molecular formula is C22H23FN4O3. The summed E-state index contributed by atoms with van der Waals surface area (Å²) in [4.78, 5) is 37.3.